The first-order valence-corrected chi connectivity index (χ1v) is 8.03. The third-order valence-corrected chi connectivity index (χ3v) is 4.44. The Morgan fingerprint density at radius 1 is 1.27 bits per heavy atom. The maximum atomic E-state index is 14.4. The van der Waals surface area contributed by atoms with Crippen LogP contribution in [0.25, 0.3) is 0 Å². The second-order valence-corrected chi connectivity index (χ2v) is 6.05. The quantitative estimate of drug-likeness (QED) is 0.814. The number of rotatable bonds is 4. The van der Waals surface area contributed by atoms with Gasteiger partial charge >= 0.3 is 6.18 Å². The first-order chi connectivity index (χ1) is 12.3. The minimum atomic E-state index is -4.74. The van der Waals surface area contributed by atoms with E-state index >= 15 is 0 Å². The predicted molar refractivity (Wildman–Crippen MR) is 89.4 cm³/mol. The van der Waals surface area contributed by atoms with Crippen LogP contribution in [0.1, 0.15) is 30.0 Å². The molecule has 1 aromatic carbocycles. The van der Waals surface area contributed by atoms with Gasteiger partial charge in [-0.2, -0.15) is 18.4 Å². The van der Waals surface area contributed by atoms with Crippen LogP contribution >= 0.6 is 0 Å². The van der Waals surface area contributed by atoms with Gasteiger partial charge in [-0.1, -0.05) is 6.92 Å². The van der Waals surface area contributed by atoms with Gasteiger partial charge in [0, 0.05) is 24.1 Å². The lowest BCUT2D eigenvalue weighted by atomic mass is 9.71. The van der Waals surface area contributed by atoms with E-state index in [0.717, 1.165) is 0 Å². The van der Waals surface area contributed by atoms with Crippen molar-refractivity contribution in [2.45, 2.75) is 24.9 Å². The third-order valence-electron chi connectivity index (χ3n) is 4.44. The van der Waals surface area contributed by atoms with Crippen LogP contribution < -0.4 is 10.9 Å². The van der Waals surface area contributed by atoms with E-state index in [0.29, 0.717) is 6.42 Å². The van der Waals surface area contributed by atoms with Crippen LogP contribution in [-0.4, -0.2) is 24.4 Å². The van der Waals surface area contributed by atoms with Gasteiger partial charge in [0.2, 0.25) is 0 Å². The van der Waals surface area contributed by atoms with Crippen molar-refractivity contribution in [2.24, 2.45) is 0 Å². The van der Waals surface area contributed by atoms with E-state index in [4.69, 9.17) is 10.00 Å². The van der Waals surface area contributed by atoms with E-state index < -0.39 is 23.8 Å². The summed E-state index contributed by atoms with van der Waals surface area (Å²) in [6, 6.07) is 7.08. The number of halogens is 3. The van der Waals surface area contributed by atoms with Crippen LogP contribution in [0.2, 0.25) is 0 Å². The summed E-state index contributed by atoms with van der Waals surface area (Å²) in [6.45, 7) is 1.27. The Morgan fingerprint density at radius 2 is 2.04 bits per heavy atom. The molecular formula is C18H16F3N3O2. The highest BCUT2D eigenvalue weighted by atomic mass is 19.4. The summed E-state index contributed by atoms with van der Waals surface area (Å²) in [6.07, 6.45) is -3.00. The number of pyridine rings is 1. The number of alkyl halides is 3. The SMILES string of the molecule is CCCOCC1(C(F)(F)F)c2cc(C#N)ccc2Nc2c1cc[nH]c2=O. The average Bonchev–Trinajstić information content (AvgIpc) is 2.60. The Hall–Kier alpha value is -2.79. The Labute approximate surface area is 147 Å². The number of hydrogen-bond donors (Lipinski definition) is 2. The maximum Gasteiger partial charge on any atom is 0.404 e. The van der Waals surface area contributed by atoms with Gasteiger partial charge in [-0.15, -0.1) is 0 Å². The van der Waals surface area contributed by atoms with Crippen molar-refractivity contribution in [1.82, 2.24) is 4.98 Å². The van der Waals surface area contributed by atoms with Crippen molar-refractivity contribution in [3.63, 3.8) is 0 Å². The predicted octanol–water partition coefficient (Wildman–Crippen LogP) is 3.58. The van der Waals surface area contributed by atoms with Gasteiger partial charge in [-0.25, -0.2) is 0 Å². The molecule has 26 heavy (non-hydrogen) atoms. The monoisotopic (exact) mass is 363 g/mol. The number of aromatic nitrogens is 1. The van der Waals surface area contributed by atoms with Gasteiger partial charge < -0.3 is 15.0 Å². The molecule has 5 nitrogen and oxygen atoms in total. The van der Waals surface area contributed by atoms with Crippen molar-refractivity contribution in [3.8, 4) is 6.07 Å². The normalized spacial score (nSPS) is 18.4. The van der Waals surface area contributed by atoms with Gasteiger partial charge in [-0.3, -0.25) is 4.79 Å². The first kappa shape index (κ1) is 18.0. The number of H-pyrrole nitrogens is 1. The van der Waals surface area contributed by atoms with Crippen LogP contribution in [0.5, 0.6) is 0 Å². The number of nitriles is 1. The highest BCUT2D eigenvalue weighted by molar-refractivity contribution is 5.76. The average molecular weight is 363 g/mol. The zero-order chi connectivity index (χ0) is 18.9. The molecule has 0 saturated carbocycles. The maximum absolute atomic E-state index is 14.4. The van der Waals surface area contributed by atoms with E-state index in [1.807, 2.05) is 6.07 Å². The highest BCUT2D eigenvalue weighted by Gasteiger charge is 2.61. The molecular weight excluding hydrogens is 347 g/mol. The molecule has 0 fully saturated rings. The van der Waals surface area contributed by atoms with E-state index in [1.165, 1.54) is 30.5 Å². The lowest BCUT2D eigenvalue weighted by molar-refractivity contribution is -0.192. The lowest BCUT2D eigenvalue weighted by Gasteiger charge is -2.41. The van der Waals surface area contributed by atoms with Gasteiger partial charge in [0.25, 0.3) is 5.56 Å². The van der Waals surface area contributed by atoms with Gasteiger partial charge in [0.05, 0.1) is 18.2 Å². The molecule has 1 aliphatic rings. The number of aromatic amines is 1. The molecule has 2 aromatic rings. The van der Waals surface area contributed by atoms with Crippen LogP contribution in [0.4, 0.5) is 24.5 Å². The first-order valence-electron chi connectivity index (χ1n) is 8.03. The molecule has 2 N–H and O–H groups in total. The molecule has 0 saturated heterocycles. The van der Waals surface area contributed by atoms with Crippen LogP contribution in [0, 0.1) is 11.3 Å². The summed E-state index contributed by atoms with van der Waals surface area (Å²) in [4.78, 5) is 14.6. The Balaban J connectivity index is 2.35. The van der Waals surface area contributed by atoms with Crippen LogP contribution in [0.3, 0.4) is 0 Å². The minimum Gasteiger partial charge on any atom is -0.380 e. The zero-order valence-corrected chi connectivity index (χ0v) is 13.9. The minimum absolute atomic E-state index is 0.1000. The number of benzene rings is 1. The highest BCUT2D eigenvalue weighted by Crippen LogP contribution is 2.53. The smallest absolute Gasteiger partial charge is 0.380 e. The summed E-state index contributed by atoms with van der Waals surface area (Å²) in [5.41, 5.74) is -3.47. The number of nitrogens with one attached hydrogen (secondary N) is 2. The molecule has 1 aliphatic heterocycles. The van der Waals surface area contributed by atoms with Crippen molar-refractivity contribution < 1.29 is 17.9 Å². The molecule has 136 valence electrons. The summed E-state index contributed by atoms with van der Waals surface area (Å²) in [7, 11) is 0. The van der Waals surface area contributed by atoms with Gasteiger partial charge in [0.1, 0.15) is 11.1 Å². The zero-order valence-electron chi connectivity index (χ0n) is 13.9. The van der Waals surface area contributed by atoms with Crippen molar-refractivity contribution >= 4 is 11.4 Å². The Morgan fingerprint density at radius 3 is 2.69 bits per heavy atom. The summed E-state index contributed by atoms with van der Waals surface area (Å²) in [5, 5.41) is 11.9. The number of hydrogen-bond acceptors (Lipinski definition) is 4. The molecule has 1 aromatic heterocycles. The summed E-state index contributed by atoms with van der Waals surface area (Å²) >= 11 is 0. The van der Waals surface area contributed by atoms with Crippen LogP contribution in [0.15, 0.2) is 35.3 Å². The molecule has 1 unspecified atom stereocenters. The fourth-order valence-electron chi connectivity index (χ4n) is 3.23. The van der Waals surface area contributed by atoms with Crippen molar-refractivity contribution in [2.75, 3.05) is 18.5 Å². The van der Waals surface area contributed by atoms with Gasteiger partial charge in [0.15, 0.2) is 0 Å². The van der Waals surface area contributed by atoms with Crippen molar-refractivity contribution in [3.05, 3.63) is 57.5 Å². The second-order valence-electron chi connectivity index (χ2n) is 6.05. The second kappa shape index (κ2) is 6.50. The topological polar surface area (TPSA) is 77.9 Å². The largest absolute Gasteiger partial charge is 0.404 e. The third kappa shape index (κ3) is 2.65. The summed E-state index contributed by atoms with van der Waals surface area (Å²) in [5.74, 6) is 0. The Bertz CT molecular complexity index is 930. The van der Waals surface area contributed by atoms with E-state index in [-0.39, 0.29) is 34.7 Å². The molecule has 8 heteroatoms. The summed E-state index contributed by atoms with van der Waals surface area (Å²) < 4.78 is 48.7. The van der Waals surface area contributed by atoms with E-state index in [9.17, 15) is 18.0 Å². The number of ether oxygens (including phenoxy) is 1. The molecule has 0 aliphatic carbocycles. The molecule has 2 heterocycles. The molecule has 1 atom stereocenters. The molecule has 0 amide bonds. The standard InChI is InChI=1S/C18H16F3N3O2/c1-2-7-26-10-17(18(19,20)21)12-5-6-23-16(25)15(12)24-14-4-3-11(9-22)8-13(14)17/h3-6,8,24H,2,7,10H2,1H3,(H,23,25). The Kier molecular flexibility index (Phi) is 4.50. The van der Waals surface area contributed by atoms with E-state index in [1.54, 1.807) is 6.92 Å². The molecule has 0 radical (unpaired) electrons. The lowest BCUT2D eigenvalue weighted by Crippen LogP contribution is -2.50. The van der Waals surface area contributed by atoms with Crippen LogP contribution in [-0.2, 0) is 10.2 Å². The molecule has 0 bridgehead atoms. The molecule has 3 rings (SSSR count). The number of fused-ring (bicyclic) bond motifs is 2. The van der Waals surface area contributed by atoms with Gasteiger partial charge in [-0.05, 0) is 36.2 Å². The number of anilines is 2. The molecule has 0 spiro atoms. The van der Waals surface area contributed by atoms with Crippen molar-refractivity contribution in [1.29, 1.82) is 5.26 Å². The number of nitrogens with zero attached hydrogens (tertiary/aromatic N) is 1. The fraction of sp³-hybridized carbons (Fsp3) is 0.333. The fourth-order valence-corrected chi connectivity index (χ4v) is 3.23. The van der Waals surface area contributed by atoms with E-state index in [2.05, 4.69) is 10.3 Å².